The molecule has 1 atom stereocenters. The van der Waals surface area contributed by atoms with Crippen LogP contribution in [0.4, 0.5) is 5.82 Å². The first-order valence-corrected chi connectivity index (χ1v) is 11.8. The minimum atomic E-state index is -0.584. The van der Waals surface area contributed by atoms with Gasteiger partial charge in [0.2, 0.25) is 6.79 Å². The summed E-state index contributed by atoms with van der Waals surface area (Å²) in [4.78, 5) is 16.9. The molecule has 0 aliphatic carbocycles. The van der Waals surface area contributed by atoms with Crippen molar-refractivity contribution in [2.75, 3.05) is 44.5 Å². The Morgan fingerprint density at radius 2 is 1.77 bits per heavy atom. The van der Waals surface area contributed by atoms with Gasteiger partial charge in [-0.2, -0.15) is 0 Å². The van der Waals surface area contributed by atoms with E-state index in [4.69, 9.17) is 18.9 Å². The Bertz CT molecular complexity index is 1180. The first-order valence-electron chi connectivity index (χ1n) is 11.8. The number of benzene rings is 2. The van der Waals surface area contributed by atoms with Crippen molar-refractivity contribution < 1.29 is 23.7 Å². The van der Waals surface area contributed by atoms with Gasteiger partial charge < -0.3 is 28.7 Å². The maximum absolute atomic E-state index is 12.9. The number of piperazine rings is 1. The van der Waals surface area contributed by atoms with Crippen molar-refractivity contribution in [1.29, 1.82) is 0 Å². The van der Waals surface area contributed by atoms with E-state index in [9.17, 15) is 4.79 Å². The SMILES string of the molecule is CCOc1cccc(OC(C)C(=O)N2CCN(c3ccc(-c4ccc5c(c4)OCO5)nn3)CC2)c1. The lowest BCUT2D eigenvalue weighted by atomic mass is 10.1. The first kappa shape index (κ1) is 22.8. The fourth-order valence-electron chi connectivity index (χ4n) is 4.18. The summed E-state index contributed by atoms with van der Waals surface area (Å²) in [6.45, 7) is 7.07. The third-order valence-electron chi connectivity index (χ3n) is 6.01. The van der Waals surface area contributed by atoms with E-state index in [1.165, 1.54) is 0 Å². The molecule has 3 heterocycles. The lowest BCUT2D eigenvalue weighted by molar-refractivity contribution is -0.138. The molecule has 5 rings (SSSR count). The van der Waals surface area contributed by atoms with E-state index >= 15 is 0 Å². The van der Waals surface area contributed by atoms with Gasteiger partial charge in [-0.25, -0.2) is 0 Å². The Morgan fingerprint density at radius 3 is 2.54 bits per heavy atom. The monoisotopic (exact) mass is 476 g/mol. The molecule has 0 radical (unpaired) electrons. The number of aromatic nitrogens is 2. The molecule has 9 nitrogen and oxygen atoms in total. The zero-order valence-electron chi connectivity index (χ0n) is 19.8. The summed E-state index contributed by atoms with van der Waals surface area (Å²) in [5, 5.41) is 8.82. The van der Waals surface area contributed by atoms with Crippen molar-refractivity contribution in [2.24, 2.45) is 0 Å². The zero-order valence-corrected chi connectivity index (χ0v) is 19.8. The van der Waals surface area contributed by atoms with Crippen LogP contribution in [0.5, 0.6) is 23.0 Å². The molecule has 0 N–H and O–H groups in total. The molecule has 182 valence electrons. The number of amides is 1. The number of rotatable bonds is 7. The number of nitrogens with zero attached hydrogens (tertiary/aromatic N) is 4. The molecule has 9 heteroatoms. The van der Waals surface area contributed by atoms with Gasteiger partial charge in [0.15, 0.2) is 23.4 Å². The van der Waals surface area contributed by atoms with E-state index in [0.717, 1.165) is 34.3 Å². The molecule has 2 aromatic carbocycles. The zero-order chi connectivity index (χ0) is 24.2. The van der Waals surface area contributed by atoms with Gasteiger partial charge in [0.05, 0.1) is 12.3 Å². The predicted molar refractivity (Wildman–Crippen MR) is 130 cm³/mol. The Morgan fingerprint density at radius 1 is 0.971 bits per heavy atom. The van der Waals surface area contributed by atoms with Crippen molar-refractivity contribution in [3.63, 3.8) is 0 Å². The summed E-state index contributed by atoms with van der Waals surface area (Å²) in [6.07, 6.45) is -0.584. The Balaban J connectivity index is 1.15. The second-order valence-electron chi connectivity index (χ2n) is 8.33. The van der Waals surface area contributed by atoms with Gasteiger partial charge in [0.1, 0.15) is 11.5 Å². The van der Waals surface area contributed by atoms with Crippen LogP contribution in [0.15, 0.2) is 54.6 Å². The van der Waals surface area contributed by atoms with Gasteiger partial charge in [-0.1, -0.05) is 6.07 Å². The molecule has 2 aliphatic rings. The second kappa shape index (κ2) is 10.1. The van der Waals surface area contributed by atoms with Crippen LogP contribution in [-0.4, -0.2) is 66.7 Å². The third kappa shape index (κ3) is 5.08. The number of hydrogen-bond donors (Lipinski definition) is 0. The number of carbonyl (C=O) groups is 1. The van der Waals surface area contributed by atoms with Gasteiger partial charge in [-0.15, -0.1) is 10.2 Å². The number of anilines is 1. The van der Waals surface area contributed by atoms with E-state index in [-0.39, 0.29) is 12.7 Å². The molecule has 0 bridgehead atoms. The summed E-state index contributed by atoms with van der Waals surface area (Å²) in [5.41, 5.74) is 1.68. The minimum Gasteiger partial charge on any atom is -0.494 e. The second-order valence-corrected chi connectivity index (χ2v) is 8.33. The van der Waals surface area contributed by atoms with Crippen LogP contribution in [0.3, 0.4) is 0 Å². The molecule has 0 spiro atoms. The Kier molecular flexibility index (Phi) is 6.56. The number of fused-ring (bicyclic) bond motifs is 1. The molecular weight excluding hydrogens is 448 g/mol. The molecule has 0 saturated carbocycles. The lowest BCUT2D eigenvalue weighted by Crippen LogP contribution is -2.52. The van der Waals surface area contributed by atoms with Crippen molar-refractivity contribution in [2.45, 2.75) is 20.0 Å². The van der Waals surface area contributed by atoms with Gasteiger partial charge in [-0.05, 0) is 56.3 Å². The normalized spacial score (nSPS) is 15.6. The molecule has 2 aliphatic heterocycles. The standard InChI is InChI=1S/C26H28N4O5/c1-3-32-20-5-4-6-21(16-20)35-18(2)26(31)30-13-11-29(12-14-30)25-10-8-22(27-28-25)19-7-9-23-24(15-19)34-17-33-23/h4-10,15-16,18H,3,11-14,17H2,1-2H3. The number of hydrogen-bond acceptors (Lipinski definition) is 8. The molecule has 1 aromatic heterocycles. The van der Waals surface area contributed by atoms with Crippen LogP contribution >= 0.6 is 0 Å². The first-order chi connectivity index (χ1) is 17.1. The van der Waals surface area contributed by atoms with E-state index in [2.05, 4.69) is 15.1 Å². The van der Waals surface area contributed by atoms with Crippen molar-refractivity contribution in [1.82, 2.24) is 15.1 Å². The minimum absolute atomic E-state index is 0.0318. The van der Waals surface area contributed by atoms with E-state index in [1.54, 1.807) is 13.0 Å². The molecule has 35 heavy (non-hydrogen) atoms. The highest BCUT2D eigenvalue weighted by Gasteiger charge is 2.27. The van der Waals surface area contributed by atoms with Gasteiger partial charge in [-0.3, -0.25) is 4.79 Å². The summed E-state index contributed by atoms with van der Waals surface area (Å²) < 4.78 is 22.2. The van der Waals surface area contributed by atoms with Gasteiger partial charge >= 0.3 is 0 Å². The fraction of sp³-hybridized carbons (Fsp3) is 0.346. The number of ether oxygens (including phenoxy) is 4. The van der Waals surface area contributed by atoms with Crippen molar-refractivity contribution >= 4 is 11.7 Å². The van der Waals surface area contributed by atoms with Crippen LogP contribution in [0.1, 0.15) is 13.8 Å². The van der Waals surface area contributed by atoms with Gasteiger partial charge in [0, 0.05) is 37.8 Å². The van der Waals surface area contributed by atoms with Crippen LogP contribution < -0.4 is 23.8 Å². The van der Waals surface area contributed by atoms with Crippen LogP contribution in [0.2, 0.25) is 0 Å². The van der Waals surface area contributed by atoms with Crippen molar-refractivity contribution in [3.8, 4) is 34.3 Å². The van der Waals surface area contributed by atoms with Crippen molar-refractivity contribution in [3.05, 3.63) is 54.6 Å². The summed E-state index contributed by atoms with van der Waals surface area (Å²) >= 11 is 0. The molecule has 3 aromatic rings. The van der Waals surface area contributed by atoms with E-state index < -0.39 is 6.10 Å². The summed E-state index contributed by atoms with van der Waals surface area (Å²) in [7, 11) is 0. The third-order valence-corrected chi connectivity index (χ3v) is 6.01. The lowest BCUT2D eigenvalue weighted by Gasteiger charge is -2.36. The highest BCUT2D eigenvalue weighted by Crippen LogP contribution is 2.35. The smallest absolute Gasteiger partial charge is 0.263 e. The Labute approximate surface area is 204 Å². The molecular formula is C26H28N4O5. The van der Waals surface area contributed by atoms with E-state index in [0.29, 0.717) is 38.5 Å². The summed E-state index contributed by atoms with van der Waals surface area (Å²) in [5.74, 6) is 3.56. The average molecular weight is 477 g/mol. The molecule has 1 fully saturated rings. The van der Waals surface area contributed by atoms with E-state index in [1.807, 2.05) is 60.4 Å². The molecule has 1 amide bonds. The predicted octanol–water partition coefficient (Wildman–Crippen LogP) is 3.39. The average Bonchev–Trinajstić information content (AvgIpc) is 3.37. The molecule has 1 unspecified atom stereocenters. The fourth-order valence-corrected chi connectivity index (χ4v) is 4.18. The van der Waals surface area contributed by atoms with Crippen LogP contribution in [0, 0.1) is 0 Å². The van der Waals surface area contributed by atoms with Gasteiger partial charge in [0.25, 0.3) is 5.91 Å². The largest absolute Gasteiger partial charge is 0.494 e. The number of carbonyl (C=O) groups excluding carboxylic acids is 1. The highest BCUT2D eigenvalue weighted by atomic mass is 16.7. The Hall–Kier alpha value is -4.01. The summed E-state index contributed by atoms with van der Waals surface area (Å²) in [6, 6.07) is 17.0. The quantitative estimate of drug-likeness (QED) is 0.513. The van der Waals surface area contributed by atoms with Crippen LogP contribution in [0.25, 0.3) is 11.3 Å². The topological polar surface area (TPSA) is 86.3 Å². The van der Waals surface area contributed by atoms with Crippen LogP contribution in [-0.2, 0) is 4.79 Å². The molecule has 1 saturated heterocycles. The maximum atomic E-state index is 12.9. The highest BCUT2D eigenvalue weighted by molar-refractivity contribution is 5.81. The maximum Gasteiger partial charge on any atom is 0.263 e.